The standard InChI is InChI=1S/C11H18N2O2/c1-7(2)8-6-12-9(13-8)5-11(3,4)10(14)15/h6-7H,5H2,1-4H3,(H,12,13)(H,14,15). The molecule has 0 aromatic carbocycles. The average Bonchev–Trinajstić information content (AvgIpc) is 2.51. The Morgan fingerprint density at radius 1 is 1.60 bits per heavy atom. The first-order chi connectivity index (χ1) is 6.83. The Kier molecular flexibility index (Phi) is 3.17. The Labute approximate surface area is 89.7 Å². The van der Waals surface area contributed by atoms with Crippen LogP contribution in [0.5, 0.6) is 0 Å². The molecule has 2 N–H and O–H groups in total. The lowest BCUT2D eigenvalue weighted by atomic mass is 9.89. The molecule has 0 spiro atoms. The molecule has 0 aliphatic carbocycles. The van der Waals surface area contributed by atoms with Crippen LogP contribution >= 0.6 is 0 Å². The zero-order valence-corrected chi connectivity index (χ0v) is 9.66. The first-order valence-electron chi connectivity index (χ1n) is 5.10. The van der Waals surface area contributed by atoms with Crippen LogP contribution in [0.1, 0.15) is 45.1 Å². The fourth-order valence-corrected chi connectivity index (χ4v) is 1.26. The second-order valence-electron chi connectivity index (χ2n) is 4.81. The van der Waals surface area contributed by atoms with E-state index >= 15 is 0 Å². The van der Waals surface area contributed by atoms with Gasteiger partial charge in [-0.2, -0.15) is 0 Å². The van der Waals surface area contributed by atoms with Gasteiger partial charge >= 0.3 is 5.97 Å². The van der Waals surface area contributed by atoms with Gasteiger partial charge in [-0.1, -0.05) is 13.8 Å². The molecule has 0 saturated carbocycles. The second kappa shape index (κ2) is 4.04. The van der Waals surface area contributed by atoms with E-state index in [1.54, 1.807) is 20.0 Å². The molecule has 1 rings (SSSR count). The third-order valence-electron chi connectivity index (χ3n) is 2.46. The van der Waals surface area contributed by atoms with Crippen molar-refractivity contribution in [3.63, 3.8) is 0 Å². The van der Waals surface area contributed by atoms with Crippen LogP contribution in [0.2, 0.25) is 0 Å². The van der Waals surface area contributed by atoms with Crippen LogP contribution in [-0.4, -0.2) is 21.0 Å². The molecule has 84 valence electrons. The average molecular weight is 210 g/mol. The van der Waals surface area contributed by atoms with Gasteiger partial charge in [0.1, 0.15) is 5.82 Å². The number of imidazole rings is 1. The summed E-state index contributed by atoms with van der Waals surface area (Å²) in [6.45, 7) is 7.54. The van der Waals surface area contributed by atoms with Gasteiger partial charge < -0.3 is 10.1 Å². The van der Waals surface area contributed by atoms with E-state index in [4.69, 9.17) is 5.11 Å². The van der Waals surface area contributed by atoms with Gasteiger partial charge in [0.15, 0.2) is 0 Å². The third-order valence-corrected chi connectivity index (χ3v) is 2.46. The molecule has 15 heavy (non-hydrogen) atoms. The van der Waals surface area contributed by atoms with Gasteiger partial charge in [0.25, 0.3) is 0 Å². The minimum absolute atomic E-state index is 0.388. The van der Waals surface area contributed by atoms with Gasteiger partial charge in [-0.15, -0.1) is 0 Å². The number of H-pyrrole nitrogens is 1. The molecule has 0 amide bonds. The quantitative estimate of drug-likeness (QED) is 0.800. The van der Waals surface area contributed by atoms with Crippen LogP contribution in [-0.2, 0) is 11.2 Å². The molecule has 4 nitrogen and oxygen atoms in total. The van der Waals surface area contributed by atoms with Gasteiger partial charge in [-0.3, -0.25) is 4.79 Å². The van der Waals surface area contributed by atoms with E-state index in [1.807, 2.05) is 0 Å². The lowest BCUT2D eigenvalue weighted by molar-refractivity contribution is -0.146. The SMILES string of the molecule is CC(C)c1cnc(CC(C)(C)C(=O)O)[nH]1. The minimum Gasteiger partial charge on any atom is -0.481 e. The Morgan fingerprint density at radius 2 is 2.20 bits per heavy atom. The van der Waals surface area contributed by atoms with Crippen LogP contribution in [0.3, 0.4) is 0 Å². The topological polar surface area (TPSA) is 66.0 Å². The van der Waals surface area contributed by atoms with Crippen molar-refractivity contribution < 1.29 is 9.90 Å². The number of carboxylic acids is 1. The normalized spacial score (nSPS) is 12.1. The lowest BCUT2D eigenvalue weighted by Gasteiger charge is -2.16. The summed E-state index contributed by atoms with van der Waals surface area (Å²) in [5, 5.41) is 8.98. The van der Waals surface area contributed by atoms with E-state index < -0.39 is 11.4 Å². The van der Waals surface area contributed by atoms with E-state index in [-0.39, 0.29) is 0 Å². The fraction of sp³-hybridized carbons (Fsp3) is 0.636. The number of hydrogen-bond donors (Lipinski definition) is 2. The summed E-state index contributed by atoms with van der Waals surface area (Å²) in [6, 6.07) is 0. The molecule has 0 radical (unpaired) electrons. The largest absolute Gasteiger partial charge is 0.481 e. The van der Waals surface area contributed by atoms with Crippen molar-refractivity contribution in [3.05, 3.63) is 17.7 Å². The lowest BCUT2D eigenvalue weighted by Crippen LogP contribution is -2.26. The number of aromatic nitrogens is 2. The Bertz CT molecular complexity index is 353. The molecule has 1 aromatic rings. The molecule has 0 fully saturated rings. The summed E-state index contributed by atoms with van der Waals surface area (Å²) < 4.78 is 0. The molecular weight excluding hydrogens is 192 g/mol. The van der Waals surface area contributed by atoms with Crippen molar-refractivity contribution in [1.82, 2.24) is 9.97 Å². The van der Waals surface area contributed by atoms with Crippen LogP contribution < -0.4 is 0 Å². The van der Waals surface area contributed by atoms with Crippen molar-refractivity contribution >= 4 is 5.97 Å². The summed E-state index contributed by atoms with van der Waals surface area (Å²) >= 11 is 0. The number of nitrogens with zero attached hydrogens (tertiary/aromatic N) is 1. The van der Waals surface area contributed by atoms with Crippen LogP contribution in [0.4, 0.5) is 0 Å². The van der Waals surface area contributed by atoms with Gasteiger partial charge in [0.05, 0.1) is 5.41 Å². The predicted octanol–water partition coefficient (Wildman–Crippen LogP) is 2.19. The Balaban J connectivity index is 2.77. The molecular formula is C11H18N2O2. The van der Waals surface area contributed by atoms with E-state index in [0.29, 0.717) is 12.3 Å². The molecule has 0 unspecified atom stereocenters. The van der Waals surface area contributed by atoms with Gasteiger partial charge in [-0.25, -0.2) is 4.98 Å². The zero-order chi connectivity index (χ0) is 11.6. The number of carboxylic acid groups (broad SMARTS) is 1. The first-order valence-corrected chi connectivity index (χ1v) is 5.10. The van der Waals surface area contributed by atoms with E-state index in [9.17, 15) is 4.79 Å². The van der Waals surface area contributed by atoms with E-state index in [1.165, 1.54) is 0 Å². The molecule has 1 heterocycles. The van der Waals surface area contributed by atoms with Crippen molar-refractivity contribution in [2.45, 2.75) is 40.0 Å². The summed E-state index contributed by atoms with van der Waals surface area (Å²) in [5.41, 5.74) is 0.276. The number of hydrogen-bond acceptors (Lipinski definition) is 2. The van der Waals surface area contributed by atoms with E-state index in [0.717, 1.165) is 11.5 Å². The second-order valence-corrected chi connectivity index (χ2v) is 4.81. The summed E-state index contributed by atoms with van der Waals surface area (Å²) in [4.78, 5) is 18.3. The summed E-state index contributed by atoms with van der Waals surface area (Å²) in [7, 11) is 0. The maximum Gasteiger partial charge on any atom is 0.309 e. The number of nitrogens with one attached hydrogen (secondary N) is 1. The maximum absolute atomic E-state index is 10.9. The molecule has 0 atom stereocenters. The van der Waals surface area contributed by atoms with Crippen LogP contribution in [0, 0.1) is 5.41 Å². The van der Waals surface area contributed by atoms with Gasteiger partial charge in [-0.05, 0) is 19.8 Å². The molecule has 0 bridgehead atoms. The summed E-state index contributed by atoms with van der Waals surface area (Å²) in [5.74, 6) is 0.329. The van der Waals surface area contributed by atoms with Crippen molar-refractivity contribution in [1.29, 1.82) is 0 Å². The van der Waals surface area contributed by atoms with Crippen molar-refractivity contribution in [3.8, 4) is 0 Å². The molecule has 0 aliphatic rings. The number of aliphatic carboxylic acids is 1. The van der Waals surface area contributed by atoms with Gasteiger partial charge in [0, 0.05) is 18.3 Å². The monoisotopic (exact) mass is 210 g/mol. The summed E-state index contributed by atoms with van der Waals surface area (Å²) in [6.07, 6.45) is 2.20. The van der Waals surface area contributed by atoms with Crippen LogP contribution in [0.15, 0.2) is 6.20 Å². The van der Waals surface area contributed by atoms with Gasteiger partial charge in [0.2, 0.25) is 0 Å². The first kappa shape index (κ1) is 11.8. The highest BCUT2D eigenvalue weighted by Crippen LogP contribution is 2.21. The predicted molar refractivity (Wildman–Crippen MR) is 57.8 cm³/mol. The van der Waals surface area contributed by atoms with Crippen molar-refractivity contribution in [2.24, 2.45) is 5.41 Å². The Morgan fingerprint density at radius 3 is 2.60 bits per heavy atom. The van der Waals surface area contributed by atoms with Crippen LogP contribution in [0.25, 0.3) is 0 Å². The van der Waals surface area contributed by atoms with E-state index in [2.05, 4.69) is 23.8 Å². The smallest absolute Gasteiger partial charge is 0.309 e. The minimum atomic E-state index is -0.801. The highest BCUT2D eigenvalue weighted by Gasteiger charge is 2.28. The maximum atomic E-state index is 10.9. The highest BCUT2D eigenvalue weighted by atomic mass is 16.4. The molecule has 0 saturated heterocycles. The molecule has 4 heteroatoms. The number of carbonyl (C=O) groups is 1. The number of aromatic amines is 1. The molecule has 0 aliphatic heterocycles. The zero-order valence-electron chi connectivity index (χ0n) is 9.66. The highest BCUT2D eigenvalue weighted by molar-refractivity contribution is 5.73. The Hall–Kier alpha value is -1.32. The number of rotatable bonds is 4. The third kappa shape index (κ3) is 2.81. The van der Waals surface area contributed by atoms with Crippen molar-refractivity contribution in [2.75, 3.05) is 0 Å². The fourth-order valence-electron chi connectivity index (χ4n) is 1.26. The molecule has 1 aromatic heterocycles.